The Morgan fingerprint density at radius 2 is 2.18 bits per heavy atom. The largest absolute Gasteiger partial charge is 0.348 e. The molecule has 4 unspecified atom stereocenters. The Balaban J connectivity index is 2.03. The summed E-state index contributed by atoms with van der Waals surface area (Å²) in [4.78, 5) is 20.5. The third-order valence-electron chi connectivity index (χ3n) is 2.90. The van der Waals surface area contributed by atoms with Gasteiger partial charge in [-0.2, -0.15) is 4.89 Å². The average Bonchev–Trinajstić information content (AvgIpc) is 2.60. The van der Waals surface area contributed by atoms with Gasteiger partial charge in [0.05, 0.1) is 5.92 Å². The lowest BCUT2D eigenvalue weighted by Crippen LogP contribution is -2.24. The molecular weight excluding hydrogens is 144 g/mol. The summed E-state index contributed by atoms with van der Waals surface area (Å²) in [6, 6.07) is 0. The van der Waals surface area contributed by atoms with Crippen molar-refractivity contribution in [2.45, 2.75) is 12.5 Å². The molecule has 1 aliphatic heterocycles. The summed E-state index contributed by atoms with van der Waals surface area (Å²) >= 11 is 0. The number of rotatable bonds is 0. The fraction of sp³-hybridized carbons (Fsp3) is 0.625. The maximum atomic E-state index is 11.1. The summed E-state index contributed by atoms with van der Waals surface area (Å²) in [7, 11) is 0. The first-order chi connectivity index (χ1) is 5.36. The summed E-state index contributed by atoms with van der Waals surface area (Å²) in [6.45, 7) is 0. The molecule has 2 aliphatic carbocycles. The molecule has 0 aromatic rings. The molecule has 3 nitrogen and oxygen atoms in total. The third kappa shape index (κ3) is 0.554. The van der Waals surface area contributed by atoms with Crippen LogP contribution in [0, 0.1) is 17.8 Å². The first-order valence-corrected chi connectivity index (χ1v) is 3.92. The van der Waals surface area contributed by atoms with Gasteiger partial charge in [0.2, 0.25) is 0 Å². The Hall–Kier alpha value is -0.830. The van der Waals surface area contributed by atoms with Gasteiger partial charge in [0.15, 0.2) is 0 Å². The molecule has 2 bridgehead atoms. The van der Waals surface area contributed by atoms with E-state index in [0.29, 0.717) is 11.8 Å². The van der Waals surface area contributed by atoms with E-state index in [-0.39, 0.29) is 18.0 Å². The second-order valence-corrected chi connectivity index (χ2v) is 3.44. The Kier molecular flexibility index (Phi) is 0.874. The number of hydrogen-bond acceptors (Lipinski definition) is 3. The molecule has 0 radical (unpaired) electrons. The van der Waals surface area contributed by atoms with Crippen molar-refractivity contribution in [3.8, 4) is 0 Å². The zero-order valence-electron chi connectivity index (χ0n) is 5.90. The van der Waals surface area contributed by atoms with E-state index >= 15 is 0 Å². The molecule has 2 fully saturated rings. The van der Waals surface area contributed by atoms with Gasteiger partial charge in [-0.3, -0.25) is 4.89 Å². The zero-order valence-corrected chi connectivity index (χ0v) is 5.90. The Morgan fingerprint density at radius 3 is 3.00 bits per heavy atom. The van der Waals surface area contributed by atoms with Crippen molar-refractivity contribution in [2.24, 2.45) is 17.8 Å². The lowest BCUT2D eigenvalue weighted by Gasteiger charge is -2.11. The fourth-order valence-corrected chi connectivity index (χ4v) is 2.38. The van der Waals surface area contributed by atoms with Crippen molar-refractivity contribution in [1.82, 2.24) is 0 Å². The van der Waals surface area contributed by atoms with Crippen LogP contribution in [0.15, 0.2) is 12.2 Å². The van der Waals surface area contributed by atoms with E-state index < -0.39 is 0 Å². The molecule has 58 valence electrons. The molecule has 4 atom stereocenters. The quantitative estimate of drug-likeness (QED) is 0.378. The van der Waals surface area contributed by atoms with Gasteiger partial charge in [-0.25, -0.2) is 4.79 Å². The minimum absolute atomic E-state index is 0.00463. The Labute approximate surface area is 63.9 Å². The van der Waals surface area contributed by atoms with Crippen LogP contribution < -0.4 is 0 Å². The molecule has 3 heteroatoms. The lowest BCUT2D eigenvalue weighted by molar-refractivity contribution is -0.266. The van der Waals surface area contributed by atoms with Crippen LogP contribution in [-0.4, -0.2) is 12.1 Å². The highest BCUT2D eigenvalue weighted by Gasteiger charge is 2.55. The molecule has 0 N–H and O–H groups in total. The van der Waals surface area contributed by atoms with E-state index in [2.05, 4.69) is 17.0 Å². The first kappa shape index (κ1) is 5.77. The summed E-state index contributed by atoms with van der Waals surface area (Å²) in [6.07, 6.45) is 5.34. The van der Waals surface area contributed by atoms with Crippen LogP contribution in [0.3, 0.4) is 0 Å². The van der Waals surface area contributed by atoms with Crippen molar-refractivity contribution >= 4 is 5.97 Å². The molecule has 3 aliphatic rings. The second kappa shape index (κ2) is 1.67. The fourth-order valence-electron chi connectivity index (χ4n) is 2.38. The first-order valence-electron chi connectivity index (χ1n) is 3.92. The maximum absolute atomic E-state index is 11.1. The number of fused-ring (bicyclic) bond motifs is 5. The number of carbonyl (C=O) groups excluding carboxylic acids is 1. The van der Waals surface area contributed by atoms with Gasteiger partial charge in [0, 0.05) is 5.92 Å². The average molecular weight is 152 g/mol. The lowest BCUT2D eigenvalue weighted by atomic mass is 9.92. The molecule has 1 heterocycles. The molecule has 11 heavy (non-hydrogen) atoms. The van der Waals surface area contributed by atoms with Gasteiger partial charge >= 0.3 is 5.97 Å². The summed E-state index contributed by atoms with van der Waals surface area (Å²) in [5, 5.41) is 0. The van der Waals surface area contributed by atoms with Crippen LogP contribution in [0.5, 0.6) is 0 Å². The summed E-state index contributed by atoms with van der Waals surface area (Å²) < 4.78 is 0. The third-order valence-corrected chi connectivity index (χ3v) is 2.90. The van der Waals surface area contributed by atoms with Crippen molar-refractivity contribution < 1.29 is 14.6 Å². The van der Waals surface area contributed by atoms with Crippen LogP contribution in [0.25, 0.3) is 0 Å². The normalized spacial score (nSPS) is 51.5. The van der Waals surface area contributed by atoms with E-state index in [1.165, 1.54) is 0 Å². The van der Waals surface area contributed by atoms with E-state index in [0.717, 1.165) is 6.42 Å². The number of allylic oxidation sites excluding steroid dienone is 1. The highest BCUT2D eigenvalue weighted by atomic mass is 17.2. The van der Waals surface area contributed by atoms with Crippen LogP contribution in [0.1, 0.15) is 6.42 Å². The zero-order chi connectivity index (χ0) is 7.42. The van der Waals surface area contributed by atoms with Crippen molar-refractivity contribution in [3.63, 3.8) is 0 Å². The maximum Gasteiger partial charge on any atom is 0.348 e. The van der Waals surface area contributed by atoms with E-state index in [4.69, 9.17) is 4.89 Å². The van der Waals surface area contributed by atoms with Crippen LogP contribution >= 0.6 is 0 Å². The van der Waals surface area contributed by atoms with Gasteiger partial charge in [-0.05, 0) is 12.3 Å². The standard InChI is InChI=1S/C8H8O3/c9-8-6-4-1-2-5(3-4)7(6)10-11-8/h1-2,4-7H,3H2. The van der Waals surface area contributed by atoms with Crippen molar-refractivity contribution in [2.75, 3.05) is 0 Å². The molecule has 0 aromatic heterocycles. The van der Waals surface area contributed by atoms with Gasteiger partial charge < -0.3 is 0 Å². The van der Waals surface area contributed by atoms with Gasteiger partial charge in [0.1, 0.15) is 6.10 Å². The highest BCUT2D eigenvalue weighted by molar-refractivity contribution is 5.75. The molecule has 1 saturated carbocycles. The molecular formula is C8H8O3. The Bertz CT molecular complexity index is 246. The van der Waals surface area contributed by atoms with E-state index in [9.17, 15) is 4.79 Å². The van der Waals surface area contributed by atoms with Crippen LogP contribution in [0.4, 0.5) is 0 Å². The van der Waals surface area contributed by atoms with E-state index in [1.807, 2.05) is 0 Å². The second-order valence-electron chi connectivity index (χ2n) is 3.44. The van der Waals surface area contributed by atoms with Crippen molar-refractivity contribution in [3.05, 3.63) is 12.2 Å². The van der Waals surface area contributed by atoms with Gasteiger partial charge in [0.25, 0.3) is 0 Å². The van der Waals surface area contributed by atoms with Gasteiger partial charge in [-0.1, -0.05) is 12.2 Å². The predicted molar refractivity (Wildman–Crippen MR) is 35.2 cm³/mol. The number of hydrogen-bond donors (Lipinski definition) is 0. The van der Waals surface area contributed by atoms with Gasteiger partial charge in [-0.15, -0.1) is 0 Å². The van der Waals surface area contributed by atoms with Crippen LogP contribution in [-0.2, 0) is 14.6 Å². The molecule has 3 rings (SSSR count). The van der Waals surface area contributed by atoms with Crippen molar-refractivity contribution in [1.29, 1.82) is 0 Å². The van der Waals surface area contributed by atoms with Crippen LogP contribution in [0.2, 0.25) is 0 Å². The minimum atomic E-state index is -0.174. The number of carbonyl (C=O) groups is 1. The molecule has 0 amide bonds. The summed E-state index contributed by atoms with van der Waals surface area (Å²) in [5.74, 6) is 0.647. The topological polar surface area (TPSA) is 35.5 Å². The molecule has 1 saturated heterocycles. The Morgan fingerprint density at radius 1 is 1.36 bits per heavy atom. The summed E-state index contributed by atoms with van der Waals surface area (Å²) in [5.41, 5.74) is 0. The van der Waals surface area contributed by atoms with E-state index in [1.54, 1.807) is 0 Å². The molecule has 0 spiro atoms. The minimum Gasteiger partial charge on any atom is -0.298 e. The highest BCUT2D eigenvalue weighted by Crippen LogP contribution is 2.48. The molecule has 0 aromatic carbocycles. The predicted octanol–water partition coefficient (Wildman–Crippen LogP) is 0.666. The SMILES string of the molecule is O=C1OOC2C3C=CC(C3)C12. The smallest absolute Gasteiger partial charge is 0.298 e. The monoisotopic (exact) mass is 152 g/mol.